The van der Waals surface area contributed by atoms with Gasteiger partial charge in [0.25, 0.3) is 0 Å². The van der Waals surface area contributed by atoms with Crippen LogP contribution < -0.4 is 0 Å². The van der Waals surface area contributed by atoms with Gasteiger partial charge >= 0.3 is 0 Å². The summed E-state index contributed by atoms with van der Waals surface area (Å²) in [6, 6.07) is 0. The highest BCUT2D eigenvalue weighted by Crippen LogP contribution is 2.17. The molecule has 0 radical (unpaired) electrons. The molecule has 0 unspecified atom stereocenters. The molecule has 0 bridgehead atoms. The molecule has 0 saturated carbocycles. The first kappa shape index (κ1) is 14.4. The number of H-pyrrole nitrogens is 1. The number of halogens is 2. The maximum absolute atomic E-state index is 5.70. The first-order valence-corrected chi connectivity index (χ1v) is 6.72. The van der Waals surface area contributed by atoms with Gasteiger partial charge in [-0.2, -0.15) is 4.98 Å². The number of aromatic amines is 1. The summed E-state index contributed by atoms with van der Waals surface area (Å²) < 4.78 is 1.75. The summed E-state index contributed by atoms with van der Waals surface area (Å²) in [7, 11) is 0. The first-order chi connectivity index (χ1) is 10.7. The summed E-state index contributed by atoms with van der Waals surface area (Å²) in [4.78, 5) is 26.1. The molecule has 0 saturated heterocycles. The molecule has 0 aliphatic rings. The molecule has 4 heterocycles. The van der Waals surface area contributed by atoms with Crippen molar-refractivity contribution < 1.29 is 0 Å². The van der Waals surface area contributed by atoms with Crippen LogP contribution in [-0.4, -0.2) is 39.5 Å². The molecule has 0 aliphatic heterocycles. The van der Waals surface area contributed by atoms with Crippen LogP contribution in [0.25, 0.3) is 28.5 Å². The molecule has 0 amide bonds. The van der Waals surface area contributed by atoms with E-state index in [-0.39, 0.29) is 10.4 Å². The zero-order valence-electron chi connectivity index (χ0n) is 11.0. The van der Waals surface area contributed by atoms with Gasteiger partial charge in [-0.15, -0.1) is 0 Å². The van der Waals surface area contributed by atoms with Gasteiger partial charge in [0.2, 0.25) is 5.28 Å². The highest BCUT2D eigenvalue weighted by atomic mass is 35.5. The Bertz CT molecular complexity index is 945. The van der Waals surface area contributed by atoms with E-state index in [9.17, 15) is 0 Å². The Kier molecular flexibility index (Phi) is 3.94. The lowest BCUT2D eigenvalue weighted by molar-refractivity contribution is 1.12. The third-order valence-electron chi connectivity index (χ3n) is 2.65. The molecule has 0 spiro atoms. The molecule has 110 valence electrons. The molecule has 1 N–H and O–H groups in total. The van der Waals surface area contributed by atoms with Gasteiger partial charge in [0.15, 0.2) is 16.4 Å². The van der Waals surface area contributed by atoms with Gasteiger partial charge < -0.3 is 4.98 Å². The normalized spacial score (nSPS) is 10.5. The van der Waals surface area contributed by atoms with Gasteiger partial charge in [-0.1, -0.05) is 18.2 Å². The average molecular weight is 335 g/mol. The number of nitrogens with one attached hydrogen (secondary N) is 1. The highest BCUT2D eigenvalue weighted by Gasteiger charge is 2.05. The Morgan fingerprint density at radius 2 is 2.05 bits per heavy atom. The van der Waals surface area contributed by atoms with Crippen molar-refractivity contribution >= 4 is 51.7 Å². The third-order valence-corrected chi connectivity index (χ3v) is 3.09. The smallest absolute Gasteiger partial charge is 0.225 e. The summed E-state index contributed by atoms with van der Waals surface area (Å²) in [5.74, 6) is 0. The summed E-state index contributed by atoms with van der Waals surface area (Å²) in [5, 5.41) is 0.395. The van der Waals surface area contributed by atoms with E-state index in [1.165, 1.54) is 12.7 Å². The SMILES string of the molecule is C=Cn1cnc2cncnc21.Clc1nc(Cl)c2[nH]cnc2n1. The van der Waals surface area contributed by atoms with Gasteiger partial charge in [0.1, 0.15) is 23.7 Å². The van der Waals surface area contributed by atoms with Gasteiger partial charge in [0.05, 0.1) is 12.5 Å². The van der Waals surface area contributed by atoms with E-state index in [0.29, 0.717) is 11.2 Å². The number of hydrogen-bond donors (Lipinski definition) is 1. The maximum atomic E-state index is 5.70. The zero-order valence-corrected chi connectivity index (χ0v) is 12.5. The van der Waals surface area contributed by atoms with Crippen LogP contribution >= 0.6 is 23.2 Å². The molecular weight excluding hydrogens is 327 g/mol. The average Bonchev–Trinajstić information content (AvgIpc) is 3.13. The van der Waals surface area contributed by atoms with E-state index in [0.717, 1.165) is 11.2 Å². The van der Waals surface area contributed by atoms with Crippen molar-refractivity contribution in [3.05, 3.63) is 42.2 Å². The van der Waals surface area contributed by atoms with Crippen molar-refractivity contribution in [1.29, 1.82) is 0 Å². The minimum atomic E-state index is 0.106. The van der Waals surface area contributed by atoms with Crippen molar-refractivity contribution in [1.82, 2.24) is 39.5 Å². The fourth-order valence-corrected chi connectivity index (χ4v) is 2.12. The van der Waals surface area contributed by atoms with Gasteiger partial charge in [-0.05, 0) is 11.6 Å². The Hall–Kier alpha value is -2.58. The predicted molar refractivity (Wildman–Crippen MR) is 83.4 cm³/mol. The van der Waals surface area contributed by atoms with Crippen molar-refractivity contribution in [2.24, 2.45) is 0 Å². The Labute approximate surface area is 133 Å². The van der Waals surface area contributed by atoms with Gasteiger partial charge in [0, 0.05) is 6.20 Å². The number of nitrogens with zero attached hydrogens (tertiary/aromatic N) is 7. The molecule has 4 rings (SSSR count). The standard InChI is InChI=1S/C7H6N4.C5H2Cl2N4/c1-2-11-5-10-6-3-8-4-9-7(6)11;6-3-2-4(9-1-8-2)11-5(7)10-3/h2-5H,1H2;1H,(H,8,9,10,11). The lowest BCUT2D eigenvalue weighted by atomic mass is 10.6. The highest BCUT2D eigenvalue weighted by molar-refractivity contribution is 6.35. The van der Waals surface area contributed by atoms with E-state index in [2.05, 4.69) is 41.5 Å². The van der Waals surface area contributed by atoms with Crippen LogP contribution in [0.3, 0.4) is 0 Å². The van der Waals surface area contributed by atoms with E-state index in [1.54, 1.807) is 23.3 Å². The van der Waals surface area contributed by atoms with Crippen LogP contribution in [0.5, 0.6) is 0 Å². The summed E-state index contributed by atoms with van der Waals surface area (Å²) >= 11 is 11.2. The van der Waals surface area contributed by atoms with Crippen molar-refractivity contribution in [3.63, 3.8) is 0 Å². The lowest BCUT2D eigenvalue weighted by Gasteiger charge is -1.90. The largest absolute Gasteiger partial charge is 0.341 e. The molecule has 0 aromatic carbocycles. The van der Waals surface area contributed by atoms with Gasteiger partial charge in [-0.3, -0.25) is 4.57 Å². The number of imidazole rings is 2. The Morgan fingerprint density at radius 1 is 1.18 bits per heavy atom. The van der Waals surface area contributed by atoms with E-state index in [1.807, 2.05) is 0 Å². The number of aromatic nitrogens is 8. The number of fused-ring (bicyclic) bond motifs is 2. The summed E-state index contributed by atoms with van der Waals surface area (Å²) in [5.41, 5.74) is 2.66. The third kappa shape index (κ3) is 2.74. The second kappa shape index (κ2) is 6.04. The van der Waals surface area contributed by atoms with E-state index in [4.69, 9.17) is 23.2 Å². The Morgan fingerprint density at radius 3 is 2.86 bits per heavy atom. The van der Waals surface area contributed by atoms with Crippen LogP contribution in [0.15, 0.2) is 31.8 Å². The van der Waals surface area contributed by atoms with Crippen molar-refractivity contribution in [3.8, 4) is 0 Å². The molecule has 22 heavy (non-hydrogen) atoms. The second-order valence-corrected chi connectivity index (χ2v) is 4.65. The maximum Gasteiger partial charge on any atom is 0.225 e. The molecule has 10 heteroatoms. The topological polar surface area (TPSA) is 98.1 Å². The number of hydrogen-bond acceptors (Lipinski definition) is 6. The van der Waals surface area contributed by atoms with Gasteiger partial charge in [-0.25, -0.2) is 24.9 Å². The van der Waals surface area contributed by atoms with Crippen LogP contribution in [0.1, 0.15) is 0 Å². The minimum Gasteiger partial charge on any atom is -0.341 e. The summed E-state index contributed by atoms with van der Waals surface area (Å²) in [6.07, 6.45) is 7.96. The van der Waals surface area contributed by atoms with Crippen LogP contribution in [0.4, 0.5) is 0 Å². The molecule has 4 aromatic heterocycles. The molecular formula is C12H8Cl2N8. The molecule has 4 aromatic rings. The molecule has 0 aliphatic carbocycles. The zero-order chi connectivity index (χ0) is 15.5. The monoisotopic (exact) mass is 334 g/mol. The van der Waals surface area contributed by atoms with Crippen molar-refractivity contribution in [2.75, 3.05) is 0 Å². The Balaban J connectivity index is 0.000000131. The molecule has 8 nitrogen and oxygen atoms in total. The first-order valence-electron chi connectivity index (χ1n) is 5.96. The quantitative estimate of drug-likeness (QED) is 0.424. The molecule has 0 fully saturated rings. The minimum absolute atomic E-state index is 0.106. The van der Waals surface area contributed by atoms with E-state index < -0.39 is 0 Å². The predicted octanol–water partition coefficient (Wildman–Crippen LogP) is 2.59. The molecule has 0 atom stereocenters. The second-order valence-electron chi connectivity index (χ2n) is 3.95. The summed E-state index contributed by atoms with van der Waals surface area (Å²) in [6.45, 7) is 3.62. The fraction of sp³-hybridized carbons (Fsp3) is 0. The van der Waals surface area contributed by atoms with Crippen LogP contribution in [0.2, 0.25) is 10.4 Å². The lowest BCUT2D eigenvalue weighted by Crippen LogP contribution is -1.85. The van der Waals surface area contributed by atoms with Crippen LogP contribution in [-0.2, 0) is 0 Å². The number of rotatable bonds is 1. The van der Waals surface area contributed by atoms with E-state index >= 15 is 0 Å². The van der Waals surface area contributed by atoms with Crippen LogP contribution in [0, 0.1) is 0 Å². The van der Waals surface area contributed by atoms with Crippen molar-refractivity contribution in [2.45, 2.75) is 0 Å². The fourth-order valence-electron chi connectivity index (χ4n) is 1.69.